The second kappa shape index (κ2) is 4.98. The van der Waals surface area contributed by atoms with Gasteiger partial charge in [-0.15, -0.1) is 0 Å². The van der Waals surface area contributed by atoms with E-state index in [0.29, 0.717) is 0 Å². The summed E-state index contributed by atoms with van der Waals surface area (Å²) in [6.07, 6.45) is 4.62. The lowest BCUT2D eigenvalue weighted by molar-refractivity contribution is 0.890. The Labute approximate surface area is 110 Å². The summed E-state index contributed by atoms with van der Waals surface area (Å²) in [5.41, 5.74) is 3.32. The van der Waals surface area contributed by atoms with E-state index in [1.54, 1.807) is 18.3 Å². The van der Waals surface area contributed by atoms with Gasteiger partial charge in [0, 0.05) is 17.0 Å². The minimum atomic E-state index is -0.0425. The molecule has 1 heterocycles. The number of hydrogen-bond donors (Lipinski definition) is 0. The molecule has 0 saturated carbocycles. The van der Waals surface area contributed by atoms with Gasteiger partial charge in [-0.3, -0.25) is 8.77 Å². The molecule has 0 saturated heterocycles. The van der Waals surface area contributed by atoms with E-state index < -0.39 is 0 Å². The summed E-state index contributed by atoms with van der Waals surface area (Å²) in [5.74, 6) is 0.901. The molecule has 0 unspecified atom stereocenters. The average molecular weight is 258 g/mol. The van der Waals surface area contributed by atoms with Crippen LogP contribution in [0.1, 0.15) is 23.2 Å². The molecule has 0 N–H and O–H groups in total. The fraction of sp³-hybridized carbons (Fsp3) is 0.286. The van der Waals surface area contributed by atoms with E-state index in [2.05, 4.69) is 21.1 Å². The second-order valence-electron chi connectivity index (χ2n) is 4.41. The number of hydrogen-bond acceptors (Lipinski definition) is 3. The predicted molar refractivity (Wildman–Crippen MR) is 73.7 cm³/mol. The van der Waals surface area contributed by atoms with Crippen LogP contribution in [0.4, 0.5) is 0 Å². The molecular weight excluding hydrogens is 244 g/mol. The van der Waals surface area contributed by atoms with Crippen molar-refractivity contribution in [3.8, 4) is 0 Å². The van der Waals surface area contributed by atoms with Gasteiger partial charge in [0.1, 0.15) is 6.33 Å². The molecular formula is C14H14N2OS. The first-order valence-electron chi connectivity index (χ1n) is 6.11. The Balaban J connectivity index is 1.82. The van der Waals surface area contributed by atoms with E-state index in [1.165, 1.54) is 5.56 Å². The first-order valence-corrected chi connectivity index (χ1v) is 7.05. The molecule has 0 atom stereocenters. The van der Waals surface area contributed by atoms with Crippen LogP contribution in [0.15, 0.2) is 41.5 Å². The lowest BCUT2D eigenvalue weighted by atomic mass is 10.2. The monoisotopic (exact) mass is 258 g/mol. The highest BCUT2D eigenvalue weighted by Gasteiger charge is 2.18. The van der Waals surface area contributed by atoms with Gasteiger partial charge in [-0.1, -0.05) is 30.3 Å². The highest BCUT2D eigenvalue weighted by atomic mass is 32.2. The Morgan fingerprint density at radius 3 is 2.89 bits per heavy atom. The summed E-state index contributed by atoms with van der Waals surface area (Å²) in [6, 6.07) is 10.3. The van der Waals surface area contributed by atoms with Gasteiger partial charge in [0.2, 0.25) is 0 Å². The van der Waals surface area contributed by atoms with Gasteiger partial charge >= 0.3 is 0 Å². The largest absolute Gasteiger partial charge is 0.277 e. The van der Waals surface area contributed by atoms with E-state index in [9.17, 15) is 4.79 Å². The Hall–Kier alpha value is -1.55. The molecule has 3 rings (SSSR count). The zero-order chi connectivity index (χ0) is 12.4. The van der Waals surface area contributed by atoms with E-state index in [4.69, 9.17) is 0 Å². The van der Waals surface area contributed by atoms with Gasteiger partial charge in [-0.2, -0.15) is 4.98 Å². The summed E-state index contributed by atoms with van der Waals surface area (Å²) in [6.45, 7) is 0. The molecule has 4 heteroatoms. The SMILES string of the molecule is O=c1ncn(SCc2ccccc2)c2c1CCC2. The summed E-state index contributed by atoms with van der Waals surface area (Å²) in [7, 11) is 0. The minimum absolute atomic E-state index is 0.0425. The average Bonchev–Trinajstić information content (AvgIpc) is 2.90. The van der Waals surface area contributed by atoms with Crippen LogP contribution in [0.25, 0.3) is 0 Å². The van der Waals surface area contributed by atoms with Crippen molar-refractivity contribution in [3.05, 3.63) is 63.8 Å². The molecule has 0 fully saturated rings. The molecule has 0 aliphatic heterocycles. The number of benzene rings is 1. The molecule has 3 nitrogen and oxygen atoms in total. The quantitative estimate of drug-likeness (QED) is 0.848. The van der Waals surface area contributed by atoms with Crippen LogP contribution in [0.2, 0.25) is 0 Å². The molecule has 2 aromatic rings. The zero-order valence-corrected chi connectivity index (χ0v) is 10.8. The molecule has 0 amide bonds. The van der Waals surface area contributed by atoms with Crippen molar-refractivity contribution in [3.63, 3.8) is 0 Å². The maximum absolute atomic E-state index is 11.6. The van der Waals surface area contributed by atoms with Crippen molar-refractivity contribution in [2.75, 3.05) is 0 Å². The van der Waals surface area contributed by atoms with Crippen molar-refractivity contribution >= 4 is 11.9 Å². The number of aromatic nitrogens is 2. The molecule has 0 radical (unpaired) electrons. The Bertz CT molecular complexity index is 607. The van der Waals surface area contributed by atoms with E-state index >= 15 is 0 Å². The van der Waals surface area contributed by atoms with E-state index in [-0.39, 0.29) is 5.56 Å². The molecule has 1 aromatic carbocycles. The Morgan fingerprint density at radius 1 is 1.22 bits per heavy atom. The summed E-state index contributed by atoms with van der Waals surface area (Å²) in [5, 5.41) is 0. The predicted octanol–water partition coefficient (Wildman–Crippen LogP) is 2.43. The van der Waals surface area contributed by atoms with Crippen molar-refractivity contribution in [2.24, 2.45) is 0 Å². The highest BCUT2D eigenvalue weighted by Crippen LogP contribution is 2.23. The maximum atomic E-state index is 11.6. The van der Waals surface area contributed by atoms with E-state index in [0.717, 1.165) is 36.3 Å². The van der Waals surface area contributed by atoms with Crippen molar-refractivity contribution in [1.82, 2.24) is 8.96 Å². The third kappa shape index (κ3) is 2.20. The number of rotatable bonds is 3. The minimum Gasteiger partial charge on any atom is -0.277 e. The van der Waals surface area contributed by atoms with Crippen LogP contribution in [0.5, 0.6) is 0 Å². The smallest absolute Gasteiger partial charge is 0.276 e. The molecule has 0 spiro atoms. The van der Waals surface area contributed by atoms with Gasteiger partial charge in [0.05, 0.1) is 0 Å². The zero-order valence-electron chi connectivity index (χ0n) is 10.0. The molecule has 1 aromatic heterocycles. The third-order valence-corrected chi connectivity index (χ3v) is 4.26. The van der Waals surface area contributed by atoms with Gasteiger partial charge in [0.15, 0.2) is 0 Å². The molecule has 1 aliphatic carbocycles. The standard InChI is InChI=1S/C14H14N2OS/c17-14-12-7-4-8-13(12)16(10-15-14)18-9-11-5-2-1-3-6-11/h1-3,5-6,10H,4,7-9H2. The molecule has 18 heavy (non-hydrogen) atoms. The summed E-state index contributed by atoms with van der Waals surface area (Å²) < 4.78 is 2.07. The molecule has 1 aliphatic rings. The third-order valence-electron chi connectivity index (χ3n) is 3.21. The van der Waals surface area contributed by atoms with Crippen LogP contribution in [-0.4, -0.2) is 8.96 Å². The van der Waals surface area contributed by atoms with Crippen LogP contribution in [0.3, 0.4) is 0 Å². The lowest BCUT2D eigenvalue weighted by Gasteiger charge is -2.10. The highest BCUT2D eigenvalue weighted by molar-refractivity contribution is 7.97. The fourth-order valence-electron chi connectivity index (χ4n) is 2.28. The van der Waals surface area contributed by atoms with Crippen molar-refractivity contribution in [1.29, 1.82) is 0 Å². The number of nitrogens with zero attached hydrogens (tertiary/aromatic N) is 2. The van der Waals surface area contributed by atoms with Crippen LogP contribution in [-0.2, 0) is 18.6 Å². The van der Waals surface area contributed by atoms with Crippen LogP contribution >= 0.6 is 11.9 Å². The lowest BCUT2D eigenvalue weighted by Crippen LogP contribution is -2.15. The topological polar surface area (TPSA) is 34.9 Å². The summed E-state index contributed by atoms with van der Waals surface area (Å²) >= 11 is 1.70. The number of fused-ring (bicyclic) bond motifs is 1. The van der Waals surface area contributed by atoms with Crippen molar-refractivity contribution in [2.45, 2.75) is 25.0 Å². The molecule has 92 valence electrons. The van der Waals surface area contributed by atoms with Gasteiger partial charge in [0.25, 0.3) is 5.56 Å². The first kappa shape index (κ1) is 11.5. The van der Waals surface area contributed by atoms with E-state index in [1.807, 2.05) is 18.2 Å². The molecule has 0 bridgehead atoms. The Morgan fingerprint density at radius 2 is 2.06 bits per heavy atom. The van der Waals surface area contributed by atoms with Gasteiger partial charge in [-0.05, 0) is 36.8 Å². The fourth-order valence-corrected chi connectivity index (χ4v) is 3.24. The van der Waals surface area contributed by atoms with Gasteiger partial charge < -0.3 is 0 Å². The normalized spacial score (nSPS) is 13.6. The van der Waals surface area contributed by atoms with Crippen LogP contribution in [0, 0.1) is 0 Å². The van der Waals surface area contributed by atoms with Gasteiger partial charge in [-0.25, -0.2) is 0 Å². The maximum Gasteiger partial charge on any atom is 0.276 e. The van der Waals surface area contributed by atoms with Crippen molar-refractivity contribution < 1.29 is 0 Å². The van der Waals surface area contributed by atoms with Crippen LogP contribution < -0.4 is 5.56 Å². The Kier molecular flexibility index (Phi) is 3.19. The second-order valence-corrected chi connectivity index (χ2v) is 5.35. The first-order chi connectivity index (χ1) is 8.84. The summed E-state index contributed by atoms with van der Waals surface area (Å²) in [4.78, 5) is 15.6.